The number of fused-ring (bicyclic) bond motifs is 3. The molecule has 3 aromatic heterocycles. The third kappa shape index (κ3) is 4.87. The van der Waals surface area contributed by atoms with E-state index in [2.05, 4.69) is 35.3 Å². The summed E-state index contributed by atoms with van der Waals surface area (Å²) in [5, 5.41) is 14.9. The quantitative estimate of drug-likeness (QED) is 0.236. The van der Waals surface area contributed by atoms with Gasteiger partial charge in [-0.3, -0.25) is 4.98 Å². The molecule has 3 N–H and O–H groups in total. The average molecular weight is 631 g/mol. The van der Waals surface area contributed by atoms with Crippen LogP contribution in [0.2, 0.25) is 0 Å². The van der Waals surface area contributed by atoms with Gasteiger partial charge in [0.2, 0.25) is 0 Å². The van der Waals surface area contributed by atoms with Crippen molar-refractivity contribution in [2.75, 3.05) is 57.9 Å². The molecule has 4 heterocycles. The molecule has 3 aliphatic carbocycles. The monoisotopic (exact) mass is 630 g/mol. The Labute approximate surface area is 264 Å². The standard InChI is InChI=1S/C33H36F2N8OS/c1-42(2)33(6-3-7-33)15-39-30-20-12-38-24(18-4-5-23(34)28-26(18)19(11-36)29(37)45-28)10-25(20)40-31(41-30)44-17-32(8-9-32)16-43-13-21-22(14-43)27(21)35/h4-5,10,12,21-22,27H,3,6-9,13-17,37H2,1-2H3,(H,39,40,41)/t21-,22+,27?. The van der Waals surface area contributed by atoms with E-state index >= 15 is 0 Å². The summed E-state index contributed by atoms with van der Waals surface area (Å²) in [6.45, 7) is 3.83. The van der Waals surface area contributed by atoms with E-state index in [4.69, 9.17) is 25.4 Å². The van der Waals surface area contributed by atoms with Gasteiger partial charge in [0.1, 0.15) is 28.9 Å². The molecule has 4 aliphatic rings. The van der Waals surface area contributed by atoms with Crippen LogP contribution in [0.15, 0.2) is 24.4 Å². The molecule has 3 saturated carbocycles. The minimum atomic E-state index is -0.606. The summed E-state index contributed by atoms with van der Waals surface area (Å²) >= 11 is 1.07. The van der Waals surface area contributed by atoms with Gasteiger partial charge in [0.15, 0.2) is 0 Å². The summed E-state index contributed by atoms with van der Waals surface area (Å²) in [7, 11) is 4.23. The van der Waals surface area contributed by atoms with Crippen molar-refractivity contribution in [2.24, 2.45) is 17.3 Å². The highest BCUT2D eigenvalue weighted by molar-refractivity contribution is 7.23. The number of hydrogen-bond donors (Lipinski definition) is 2. The number of nitrogens with zero attached hydrogens (tertiary/aromatic N) is 6. The van der Waals surface area contributed by atoms with Crippen LogP contribution in [0.1, 0.15) is 37.7 Å². The van der Waals surface area contributed by atoms with Gasteiger partial charge in [-0.2, -0.15) is 15.2 Å². The summed E-state index contributed by atoms with van der Waals surface area (Å²) in [6.07, 6.45) is 6.68. The van der Waals surface area contributed by atoms with Crippen molar-refractivity contribution in [2.45, 2.75) is 43.8 Å². The van der Waals surface area contributed by atoms with Crippen LogP contribution in [0.5, 0.6) is 6.01 Å². The molecule has 0 radical (unpaired) electrons. The van der Waals surface area contributed by atoms with Crippen LogP contribution in [-0.2, 0) is 0 Å². The van der Waals surface area contributed by atoms with Crippen molar-refractivity contribution in [3.8, 4) is 23.3 Å². The Kier molecular flexibility index (Phi) is 6.68. The van der Waals surface area contributed by atoms with E-state index in [0.29, 0.717) is 39.3 Å². The van der Waals surface area contributed by atoms with Crippen molar-refractivity contribution in [1.82, 2.24) is 24.8 Å². The number of nitriles is 1. The Bertz CT molecular complexity index is 1850. The Balaban J connectivity index is 1.12. The maximum absolute atomic E-state index is 14.8. The highest BCUT2D eigenvalue weighted by atomic mass is 32.1. The molecule has 4 fully saturated rings. The molecule has 0 spiro atoms. The van der Waals surface area contributed by atoms with Crippen LogP contribution in [0.3, 0.4) is 0 Å². The SMILES string of the molecule is CN(C)C1(CNc2nc(OCC3(CN4C[C@@H]5C(F)[C@@H]5C4)CC3)nc3cc(-c4ccc(F)c5sc(N)c(C#N)c45)ncc23)CCC1. The summed E-state index contributed by atoms with van der Waals surface area (Å²) in [6, 6.07) is 7.29. The smallest absolute Gasteiger partial charge is 0.318 e. The minimum absolute atomic E-state index is 0.0467. The molecular formula is C33H36F2N8OS. The van der Waals surface area contributed by atoms with Crippen LogP contribution in [-0.4, -0.2) is 83.3 Å². The van der Waals surface area contributed by atoms with Gasteiger partial charge in [0.05, 0.1) is 33.5 Å². The number of thiophene rings is 1. The first-order chi connectivity index (χ1) is 21.7. The van der Waals surface area contributed by atoms with Crippen LogP contribution < -0.4 is 15.8 Å². The number of nitrogen functional groups attached to an aromatic ring is 1. The van der Waals surface area contributed by atoms with E-state index in [0.717, 1.165) is 68.6 Å². The summed E-state index contributed by atoms with van der Waals surface area (Å²) in [5.74, 6) is 0.676. The van der Waals surface area contributed by atoms with E-state index in [1.165, 1.54) is 12.5 Å². The molecule has 45 heavy (non-hydrogen) atoms. The fraction of sp³-hybridized carbons (Fsp3) is 0.515. The summed E-state index contributed by atoms with van der Waals surface area (Å²) in [4.78, 5) is 19.1. The van der Waals surface area contributed by atoms with Crippen molar-refractivity contribution >= 4 is 43.1 Å². The predicted octanol–water partition coefficient (Wildman–Crippen LogP) is 5.45. The van der Waals surface area contributed by atoms with Gasteiger partial charge in [-0.1, -0.05) is 0 Å². The zero-order valence-corrected chi connectivity index (χ0v) is 26.3. The predicted molar refractivity (Wildman–Crippen MR) is 171 cm³/mol. The third-order valence-electron chi connectivity index (χ3n) is 10.8. The van der Waals surface area contributed by atoms with Crippen LogP contribution in [0.4, 0.5) is 19.6 Å². The van der Waals surface area contributed by atoms with Crippen LogP contribution in [0, 0.1) is 34.4 Å². The highest BCUT2D eigenvalue weighted by Crippen LogP contribution is 2.52. The zero-order valence-electron chi connectivity index (χ0n) is 25.4. The lowest BCUT2D eigenvalue weighted by Gasteiger charge is -2.47. The summed E-state index contributed by atoms with van der Waals surface area (Å²) < 4.78 is 35.2. The number of halogens is 2. The van der Waals surface area contributed by atoms with Gasteiger partial charge in [-0.15, -0.1) is 11.3 Å². The topological polar surface area (TPSA) is 116 Å². The van der Waals surface area contributed by atoms with Gasteiger partial charge in [0.25, 0.3) is 0 Å². The Hall–Kier alpha value is -3.66. The van der Waals surface area contributed by atoms with Crippen molar-refractivity contribution < 1.29 is 13.5 Å². The van der Waals surface area contributed by atoms with Crippen molar-refractivity contribution in [3.63, 3.8) is 0 Å². The number of piperidine rings is 1. The first kappa shape index (κ1) is 28.8. The Morgan fingerprint density at radius 3 is 2.64 bits per heavy atom. The maximum atomic E-state index is 14.8. The number of hydrogen-bond acceptors (Lipinski definition) is 10. The Morgan fingerprint density at radius 1 is 1.20 bits per heavy atom. The number of ether oxygens (including phenoxy) is 1. The molecule has 1 aromatic carbocycles. The number of likely N-dealkylation sites (N-methyl/N-ethyl adjacent to an activating group) is 1. The second kappa shape index (κ2) is 10.4. The van der Waals surface area contributed by atoms with Crippen molar-refractivity contribution in [1.29, 1.82) is 5.26 Å². The van der Waals surface area contributed by atoms with Crippen LogP contribution in [0.25, 0.3) is 32.2 Å². The van der Waals surface area contributed by atoms with Crippen LogP contribution >= 0.6 is 11.3 Å². The molecule has 1 aliphatic heterocycles. The fourth-order valence-corrected chi connectivity index (χ4v) is 8.32. The maximum Gasteiger partial charge on any atom is 0.318 e. The van der Waals surface area contributed by atoms with E-state index in [1.54, 1.807) is 12.3 Å². The second-order valence-electron chi connectivity index (χ2n) is 13.8. The molecule has 3 atom stereocenters. The second-order valence-corrected chi connectivity index (χ2v) is 14.8. The van der Waals surface area contributed by atoms with Gasteiger partial charge < -0.3 is 25.6 Å². The molecule has 0 bridgehead atoms. The zero-order chi connectivity index (χ0) is 31.1. The molecular weight excluding hydrogens is 594 g/mol. The molecule has 0 amide bonds. The fourth-order valence-electron chi connectivity index (χ4n) is 7.37. The Morgan fingerprint density at radius 2 is 1.98 bits per heavy atom. The van der Waals surface area contributed by atoms with Gasteiger partial charge in [-0.05, 0) is 64.4 Å². The van der Waals surface area contributed by atoms with Gasteiger partial charge >= 0.3 is 6.01 Å². The number of anilines is 2. The molecule has 1 saturated heterocycles. The number of rotatable bonds is 10. The molecule has 12 heteroatoms. The molecule has 234 valence electrons. The van der Waals surface area contributed by atoms with E-state index < -0.39 is 12.0 Å². The largest absolute Gasteiger partial charge is 0.463 e. The number of alkyl halides is 1. The molecule has 8 rings (SSSR count). The lowest BCUT2D eigenvalue weighted by atomic mass is 9.75. The van der Waals surface area contributed by atoms with Gasteiger partial charge in [-0.25, -0.2) is 8.78 Å². The van der Waals surface area contributed by atoms with E-state index in [-0.39, 0.29) is 39.4 Å². The first-order valence-electron chi connectivity index (χ1n) is 15.7. The lowest BCUT2D eigenvalue weighted by molar-refractivity contribution is 0.0738. The molecule has 4 aromatic rings. The highest BCUT2D eigenvalue weighted by Gasteiger charge is 2.58. The van der Waals surface area contributed by atoms with Gasteiger partial charge in [0, 0.05) is 66.1 Å². The average Bonchev–Trinajstić information content (AvgIpc) is 3.77. The molecule has 9 nitrogen and oxygen atoms in total. The number of benzene rings is 1. The minimum Gasteiger partial charge on any atom is -0.463 e. The number of aromatic nitrogens is 3. The molecule has 1 unspecified atom stereocenters. The van der Waals surface area contributed by atoms with Crippen molar-refractivity contribution in [3.05, 3.63) is 35.8 Å². The van der Waals surface area contributed by atoms with E-state index in [9.17, 15) is 14.0 Å². The van der Waals surface area contributed by atoms with E-state index in [1.807, 2.05) is 6.07 Å². The number of nitrogens with one attached hydrogen (secondary N) is 1. The lowest BCUT2D eigenvalue weighted by Crippen LogP contribution is -2.54. The first-order valence-corrected chi connectivity index (χ1v) is 16.5. The summed E-state index contributed by atoms with van der Waals surface area (Å²) in [5.41, 5.74) is 8.26. The number of likely N-dealkylation sites (tertiary alicyclic amines) is 1. The number of nitrogens with two attached hydrogens (primary N) is 1. The normalized spacial score (nSPS) is 24.4. The number of pyridine rings is 1. The third-order valence-corrected chi connectivity index (χ3v) is 11.8.